The highest BCUT2D eigenvalue weighted by Crippen LogP contribution is 2.25. The molecule has 0 aromatic carbocycles. The Hall–Kier alpha value is -1.09. The zero-order valence-electron chi connectivity index (χ0n) is 10.6. The Balaban J connectivity index is 1.87. The van der Waals surface area contributed by atoms with E-state index in [1.54, 1.807) is 0 Å². The van der Waals surface area contributed by atoms with Gasteiger partial charge in [0.25, 0.3) is 0 Å². The average molecular weight is 231 g/mol. The number of anilines is 1. The molecule has 1 aromatic heterocycles. The molecule has 1 aliphatic heterocycles. The largest absolute Gasteiger partial charge is 0.351 e. The first-order chi connectivity index (χ1) is 8.34. The van der Waals surface area contributed by atoms with Gasteiger partial charge in [-0.2, -0.15) is 0 Å². The van der Waals surface area contributed by atoms with Crippen LogP contribution in [-0.4, -0.2) is 30.7 Å². The minimum atomic E-state index is 0.554. The first-order valence-electron chi connectivity index (χ1n) is 6.80. The van der Waals surface area contributed by atoms with Gasteiger partial charge in [-0.3, -0.25) is 0 Å². The molecular weight excluding hydrogens is 210 g/mol. The third-order valence-electron chi connectivity index (χ3n) is 4.01. The number of nitrogens with one attached hydrogen (secondary N) is 1. The van der Waals surface area contributed by atoms with Gasteiger partial charge in [0.05, 0.1) is 0 Å². The average Bonchev–Trinajstić information content (AvgIpc) is 2.39. The van der Waals surface area contributed by atoms with Gasteiger partial charge in [0.15, 0.2) is 0 Å². The highest BCUT2D eigenvalue weighted by molar-refractivity contribution is 5.46. The molecule has 0 saturated carbocycles. The maximum absolute atomic E-state index is 4.66. The van der Waals surface area contributed by atoms with Gasteiger partial charge in [-0.05, 0) is 49.8 Å². The normalized spacial score (nSPS) is 24.5. The number of pyridine rings is 1. The summed E-state index contributed by atoms with van der Waals surface area (Å²) in [5.74, 6) is 1.18. The van der Waals surface area contributed by atoms with Crippen LogP contribution in [0.5, 0.6) is 0 Å². The molecule has 1 fully saturated rings. The summed E-state index contributed by atoms with van der Waals surface area (Å²) in [4.78, 5) is 7.10. The highest BCUT2D eigenvalue weighted by Gasteiger charge is 2.20. The Labute approximate surface area is 103 Å². The molecule has 0 bridgehead atoms. The molecule has 17 heavy (non-hydrogen) atoms. The van der Waals surface area contributed by atoms with E-state index in [2.05, 4.69) is 34.4 Å². The maximum atomic E-state index is 4.66. The lowest BCUT2D eigenvalue weighted by Crippen LogP contribution is -2.50. The summed E-state index contributed by atoms with van der Waals surface area (Å²) < 4.78 is 0. The van der Waals surface area contributed by atoms with Crippen LogP contribution >= 0.6 is 0 Å². The number of rotatable bonds is 1. The van der Waals surface area contributed by atoms with Crippen molar-refractivity contribution < 1.29 is 0 Å². The lowest BCUT2D eigenvalue weighted by atomic mass is 9.93. The number of hydrogen-bond donors (Lipinski definition) is 1. The smallest absolute Gasteiger partial charge is 0.129 e. The van der Waals surface area contributed by atoms with Crippen LogP contribution in [0.15, 0.2) is 12.3 Å². The standard InChI is InChI=1S/C14H21N3/c1-11-9-15-6-7-17(11)14-8-12-4-2-3-5-13(12)10-16-14/h8,10-11,15H,2-7,9H2,1H3/t11-/m0/s1. The van der Waals surface area contributed by atoms with Crippen molar-refractivity contribution >= 4 is 5.82 Å². The zero-order chi connectivity index (χ0) is 11.7. The molecule has 0 spiro atoms. The fraction of sp³-hybridized carbons (Fsp3) is 0.643. The molecular formula is C14H21N3. The minimum Gasteiger partial charge on any atom is -0.351 e. The van der Waals surface area contributed by atoms with E-state index in [0.29, 0.717) is 6.04 Å². The quantitative estimate of drug-likeness (QED) is 0.798. The van der Waals surface area contributed by atoms with Crippen molar-refractivity contribution in [2.24, 2.45) is 0 Å². The second kappa shape index (κ2) is 4.65. The van der Waals surface area contributed by atoms with E-state index in [1.165, 1.54) is 42.6 Å². The summed E-state index contributed by atoms with van der Waals surface area (Å²) in [5, 5.41) is 3.43. The van der Waals surface area contributed by atoms with E-state index >= 15 is 0 Å². The molecule has 92 valence electrons. The fourth-order valence-corrected chi connectivity index (χ4v) is 2.94. The summed E-state index contributed by atoms with van der Waals surface area (Å²) in [6, 6.07) is 2.88. The second-order valence-corrected chi connectivity index (χ2v) is 5.26. The van der Waals surface area contributed by atoms with Gasteiger partial charge >= 0.3 is 0 Å². The number of hydrogen-bond acceptors (Lipinski definition) is 3. The fourth-order valence-electron chi connectivity index (χ4n) is 2.94. The van der Waals surface area contributed by atoms with Crippen molar-refractivity contribution in [2.75, 3.05) is 24.5 Å². The summed E-state index contributed by atoms with van der Waals surface area (Å²) in [5.41, 5.74) is 3.01. The van der Waals surface area contributed by atoms with E-state index in [4.69, 9.17) is 0 Å². The Kier molecular flexibility index (Phi) is 3.02. The molecule has 1 atom stereocenters. The van der Waals surface area contributed by atoms with Crippen molar-refractivity contribution in [2.45, 2.75) is 38.6 Å². The third kappa shape index (κ3) is 2.16. The first-order valence-corrected chi connectivity index (χ1v) is 6.80. The first kappa shape index (κ1) is 11.0. The molecule has 1 N–H and O–H groups in total. The van der Waals surface area contributed by atoms with E-state index < -0.39 is 0 Å². The van der Waals surface area contributed by atoms with Gasteiger partial charge in [0, 0.05) is 31.9 Å². The molecule has 3 nitrogen and oxygen atoms in total. The Morgan fingerprint density at radius 1 is 1.29 bits per heavy atom. The van der Waals surface area contributed by atoms with Crippen molar-refractivity contribution in [1.82, 2.24) is 10.3 Å². The van der Waals surface area contributed by atoms with E-state index in [0.717, 1.165) is 19.6 Å². The van der Waals surface area contributed by atoms with Crippen LogP contribution in [0, 0.1) is 0 Å². The lowest BCUT2D eigenvalue weighted by Gasteiger charge is -2.35. The number of aryl methyl sites for hydroxylation is 2. The monoisotopic (exact) mass is 231 g/mol. The van der Waals surface area contributed by atoms with Crippen LogP contribution in [-0.2, 0) is 12.8 Å². The van der Waals surface area contributed by atoms with Crippen molar-refractivity contribution in [1.29, 1.82) is 0 Å². The van der Waals surface area contributed by atoms with Gasteiger partial charge < -0.3 is 10.2 Å². The molecule has 1 aliphatic carbocycles. The number of piperazine rings is 1. The van der Waals surface area contributed by atoms with Gasteiger partial charge in [0.1, 0.15) is 5.82 Å². The minimum absolute atomic E-state index is 0.554. The van der Waals surface area contributed by atoms with Gasteiger partial charge in [-0.1, -0.05) is 0 Å². The van der Waals surface area contributed by atoms with Crippen LogP contribution in [0.3, 0.4) is 0 Å². The van der Waals surface area contributed by atoms with E-state index in [9.17, 15) is 0 Å². The second-order valence-electron chi connectivity index (χ2n) is 5.26. The Morgan fingerprint density at radius 3 is 2.94 bits per heavy atom. The number of nitrogens with zero attached hydrogens (tertiary/aromatic N) is 2. The Bertz CT molecular complexity index is 402. The predicted octanol–water partition coefficient (Wildman–Crippen LogP) is 1.76. The lowest BCUT2D eigenvalue weighted by molar-refractivity contribution is 0.496. The van der Waals surface area contributed by atoms with Crippen LogP contribution in [0.2, 0.25) is 0 Å². The number of fused-ring (bicyclic) bond motifs is 1. The van der Waals surface area contributed by atoms with Crippen molar-refractivity contribution in [3.63, 3.8) is 0 Å². The molecule has 3 heteroatoms. The zero-order valence-corrected chi connectivity index (χ0v) is 10.6. The molecule has 1 aromatic rings. The SMILES string of the molecule is C[C@H]1CNCCN1c1cc2c(cn1)CCCC2. The van der Waals surface area contributed by atoms with Gasteiger partial charge in [0.2, 0.25) is 0 Å². The molecule has 0 radical (unpaired) electrons. The topological polar surface area (TPSA) is 28.2 Å². The molecule has 1 saturated heterocycles. The summed E-state index contributed by atoms with van der Waals surface area (Å²) in [7, 11) is 0. The molecule has 0 unspecified atom stereocenters. The van der Waals surface area contributed by atoms with Crippen molar-refractivity contribution in [3.05, 3.63) is 23.4 Å². The highest BCUT2D eigenvalue weighted by atomic mass is 15.3. The molecule has 0 amide bonds. The van der Waals surface area contributed by atoms with Crippen molar-refractivity contribution in [3.8, 4) is 0 Å². The van der Waals surface area contributed by atoms with Crippen LogP contribution in [0.25, 0.3) is 0 Å². The van der Waals surface area contributed by atoms with E-state index in [-0.39, 0.29) is 0 Å². The van der Waals surface area contributed by atoms with Crippen LogP contribution < -0.4 is 10.2 Å². The van der Waals surface area contributed by atoms with Gasteiger partial charge in [-0.25, -0.2) is 4.98 Å². The summed E-state index contributed by atoms with van der Waals surface area (Å²) in [6.07, 6.45) is 7.25. The van der Waals surface area contributed by atoms with Crippen LogP contribution in [0.1, 0.15) is 30.9 Å². The predicted molar refractivity (Wildman–Crippen MR) is 70.6 cm³/mol. The molecule has 2 aliphatic rings. The Morgan fingerprint density at radius 2 is 2.12 bits per heavy atom. The third-order valence-corrected chi connectivity index (χ3v) is 4.01. The van der Waals surface area contributed by atoms with E-state index in [1.807, 2.05) is 0 Å². The maximum Gasteiger partial charge on any atom is 0.129 e. The summed E-state index contributed by atoms with van der Waals surface area (Å²) >= 11 is 0. The van der Waals surface area contributed by atoms with Gasteiger partial charge in [-0.15, -0.1) is 0 Å². The summed E-state index contributed by atoms with van der Waals surface area (Å²) in [6.45, 7) is 5.49. The molecule has 2 heterocycles. The molecule has 3 rings (SSSR count). The number of aromatic nitrogens is 1. The van der Waals surface area contributed by atoms with Crippen LogP contribution in [0.4, 0.5) is 5.82 Å².